The van der Waals surface area contributed by atoms with Crippen LogP contribution >= 0.6 is 0 Å². The molecule has 1 amide bonds. The standard InChI is InChI=1S/C22H24N6O/c1-16(29)24-17-4-6-18(7-5-17)25-21-12-13-23-22(27-21)26-19-8-10-20(11-9-19)28-14-2-3-15-28/h4-13H,2-3,14-15H2,1H3,(H,24,29)(H2,23,25,26,27). The Labute approximate surface area is 170 Å². The van der Waals surface area contributed by atoms with Gasteiger partial charge in [0.2, 0.25) is 11.9 Å². The number of carbonyl (C=O) groups is 1. The normalized spacial score (nSPS) is 13.2. The third-order valence-corrected chi connectivity index (χ3v) is 4.73. The SMILES string of the molecule is CC(=O)Nc1ccc(Nc2ccnc(Nc3ccc(N4CCCC4)cc3)n2)cc1. The molecular formula is C22H24N6O. The molecule has 0 bridgehead atoms. The summed E-state index contributed by atoms with van der Waals surface area (Å²) in [7, 11) is 0. The molecule has 148 valence electrons. The molecule has 1 aromatic heterocycles. The molecule has 2 aromatic carbocycles. The molecule has 3 aromatic rings. The van der Waals surface area contributed by atoms with Crippen molar-refractivity contribution in [1.82, 2.24) is 9.97 Å². The molecule has 0 atom stereocenters. The van der Waals surface area contributed by atoms with Crippen molar-refractivity contribution in [3.8, 4) is 0 Å². The molecule has 0 unspecified atom stereocenters. The first-order valence-corrected chi connectivity index (χ1v) is 9.75. The Morgan fingerprint density at radius 2 is 1.48 bits per heavy atom. The molecule has 4 rings (SSSR count). The van der Waals surface area contributed by atoms with E-state index >= 15 is 0 Å². The third kappa shape index (κ3) is 5.01. The van der Waals surface area contributed by atoms with Gasteiger partial charge in [-0.3, -0.25) is 4.79 Å². The molecule has 1 aliphatic rings. The number of amides is 1. The van der Waals surface area contributed by atoms with Crippen LogP contribution in [0.4, 0.5) is 34.5 Å². The van der Waals surface area contributed by atoms with E-state index in [-0.39, 0.29) is 5.91 Å². The first-order chi connectivity index (χ1) is 14.2. The maximum atomic E-state index is 11.1. The Morgan fingerprint density at radius 3 is 2.17 bits per heavy atom. The predicted octanol–water partition coefficient (Wildman–Crippen LogP) is 4.52. The summed E-state index contributed by atoms with van der Waals surface area (Å²) < 4.78 is 0. The summed E-state index contributed by atoms with van der Waals surface area (Å²) in [6, 6.07) is 17.6. The molecule has 3 N–H and O–H groups in total. The van der Waals surface area contributed by atoms with Gasteiger partial charge >= 0.3 is 0 Å². The Hall–Kier alpha value is -3.61. The van der Waals surface area contributed by atoms with Crippen LogP contribution in [0, 0.1) is 0 Å². The molecule has 2 heterocycles. The lowest BCUT2D eigenvalue weighted by Crippen LogP contribution is -2.17. The van der Waals surface area contributed by atoms with Crippen molar-refractivity contribution in [2.24, 2.45) is 0 Å². The number of hydrogen-bond acceptors (Lipinski definition) is 6. The van der Waals surface area contributed by atoms with Crippen LogP contribution in [-0.2, 0) is 4.79 Å². The highest BCUT2D eigenvalue weighted by molar-refractivity contribution is 5.88. The molecule has 0 saturated carbocycles. The van der Waals surface area contributed by atoms with Gasteiger partial charge in [-0.15, -0.1) is 0 Å². The Morgan fingerprint density at radius 1 is 0.862 bits per heavy atom. The Kier molecular flexibility index (Phi) is 5.56. The van der Waals surface area contributed by atoms with Crippen LogP contribution in [0.25, 0.3) is 0 Å². The minimum atomic E-state index is -0.0920. The van der Waals surface area contributed by atoms with Crippen molar-refractivity contribution < 1.29 is 4.79 Å². The second-order valence-corrected chi connectivity index (χ2v) is 7.02. The summed E-state index contributed by atoms with van der Waals surface area (Å²) in [6.45, 7) is 3.76. The molecule has 7 heteroatoms. The lowest BCUT2D eigenvalue weighted by atomic mass is 10.2. The van der Waals surface area contributed by atoms with Crippen LogP contribution in [-0.4, -0.2) is 29.0 Å². The van der Waals surface area contributed by atoms with Crippen LogP contribution in [0.3, 0.4) is 0 Å². The van der Waals surface area contributed by atoms with Gasteiger partial charge in [-0.2, -0.15) is 4.98 Å². The average molecular weight is 388 g/mol. The smallest absolute Gasteiger partial charge is 0.229 e. The number of aromatic nitrogens is 2. The van der Waals surface area contributed by atoms with E-state index in [2.05, 4.69) is 55.1 Å². The van der Waals surface area contributed by atoms with E-state index in [1.54, 1.807) is 6.20 Å². The highest BCUT2D eigenvalue weighted by Crippen LogP contribution is 2.24. The van der Waals surface area contributed by atoms with Crippen LogP contribution in [0.2, 0.25) is 0 Å². The van der Waals surface area contributed by atoms with Gasteiger partial charge in [-0.25, -0.2) is 4.98 Å². The van der Waals surface area contributed by atoms with Crippen molar-refractivity contribution in [3.05, 3.63) is 60.8 Å². The zero-order chi connectivity index (χ0) is 20.1. The van der Waals surface area contributed by atoms with Crippen LogP contribution in [0.5, 0.6) is 0 Å². The van der Waals surface area contributed by atoms with Gasteiger partial charge < -0.3 is 20.9 Å². The minimum absolute atomic E-state index is 0.0920. The van der Waals surface area contributed by atoms with Crippen molar-refractivity contribution in [2.75, 3.05) is 33.9 Å². The fourth-order valence-electron chi connectivity index (χ4n) is 3.34. The van der Waals surface area contributed by atoms with Crippen molar-refractivity contribution in [1.29, 1.82) is 0 Å². The molecule has 0 aliphatic carbocycles. The molecular weight excluding hydrogens is 364 g/mol. The third-order valence-electron chi connectivity index (χ3n) is 4.73. The predicted molar refractivity (Wildman–Crippen MR) is 117 cm³/mol. The monoisotopic (exact) mass is 388 g/mol. The highest BCUT2D eigenvalue weighted by Gasteiger charge is 2.11. The van der Waals surface area contributed by atoms with Gasteiger partial charge in [0.1, 0.15) is 5.82 Å². The first kappa shape index (κ1) is 18.7. The Balaban J connectivity index is 1.40. The summed E-state index contributed by atoms with van der Waals surface area (Å²) in [5.41, 5.74) is 3.83. The zero-order valence-corrected chi connectivity index (χ0v) is 16.4. The van der Waals surface area contributed by atoms with Crippen LogP contribution in [0.1, 0.15) is 19.8 Å². The number of rotatable bonds is 6. The average Bonchev–Trinajstić information content (AvgIpc) is 3.25. The van der Waals surface area contributed by atoms with Crippen molar-refractivity contribution in [2.45, 2.75) is 19.8 Å². The summed E-state index contributed by atoms with van der Waals surface area (Å²) >= 11 is 0. The Bertz CT molecular complexity index is 965. The van der Waals surface area contributed by atoms with Crippen LogP contribution in [0.15, 0.2) is 60.8 Å². The molecule has 7 nitrogen and oxygen atoms in total. The summed E-state index contributed by atoms with van der Waals surface area (Å²) in [5.74, 6) is 1.12. The highest BCUT2D eigenvalue weighted by atomic mass is 16.1. The molecule has 0 radical (unpaired) electrons. The number of benzene rings is 2. The zero-order valence-electron chi connectivity index (χ0n) is 16.4. The van der Waals surface area contributed by atoms with E-state index in [0.717, 1.165) is 30.2 Å². The quantitative estimate of drug-likeness (QED) is 0.576. The summed E-state index contributed by atoms with van der Waals surface area (Å²) in [5, 5.41) is 9.25. The van der Waals surface area contributed by atoms with Crippen molar-refractivity contribution >= 4 is 40.4 Å². The van der Waals surface area contributed by atoms with Gasteiger partial charge in [-0.05, 0) is 67.4 Å². The topological polar surface area (TPSA) is 82.2 Å². The number of anilines is 6. The number of carbonyl (C=O) groups excluding carboxylic acids is 1. The fourth-order valence-corrected chi connectivity index (χ4v) is 3.34. The number of nitrogens with one attached hydrogen (secondary N) is 3. The van der Waals surface area contributed by atoms with E-state index in [4.69, 9.17) is 0 Å². The van der Waals surface area contributed by atoms with E-state index in [1.165, 1.54) is 25.5 Å². The molecule has 1 saturated heterocycles. The van der Waals surface area contributed by atoms with Gasteiger partial charge in [0.15, 0.2) is 0 Å². The largest absolute Gasteiger partial charge is 0.372 e. The lowest BCUT2D eigenvalue weighted by molar-refractivity contribution is -0.114. The number of nitrogens with zero attached hydrogens (tertiary/aromatic N) is 3. The van der Waals surface area contributed by atoms with Gasteiger partial charge in [0, 0.05) is 49.0 Å². The number of hydrogen-bond donors (Lipinski definition) is 3. The van der Waals surface area contributed by atoms with Gasteiger partial charge in [0.25, 0.3) is 0 Å². The van der Waals surface area contributed by atoms with Gasteiger partial charge in [0.05, 0.1) is 0 Å². The summed E-state index contributed by atoms with van der Waals surface area (Å²) in [4.78, 5) is 22.3. The van der Waals surface area contributed by atoms with E-state index in [0.29, 0.717) is 11.8 Å². The maximum absolute atomic E-state index is 11.1. The second kappa shape index (κ2) is 8.60. The summed E-state index contributed by atoms with van der Waals surface area (Å²) in [6.07, 6.45) is 4.25. The second-order valence-electron chi connectivity index (χ2n) is 7.02. The maximum Gasteiger partial charge on any atom is 0.229 e. The fraction of sp³-hybridized carbons (Fsp3) is 0.227. The minimum Gasteiger partial charge on any atom is -0.372 e. The molecule has 1 fully saturated rings. The van der Waals surface area contributed by atoms with Gasteiger partial charge in [-0.1, -0.05) is 0 Å². The molecule has 29 heavy (non-hydrogen) atoms. The van der Waals surface area contributed by atoms with Crippen LogP contribution < -0.4 is 20.9 Å². The van der Waals surface area contributed by atoms with E-state index < -0.39 is 0 Å². The van der Waals surface area contributed by atoms with Crippen molar-refractivity contribution in [3.63, 3.8) is 0 Å². The first-order valence-electron chi connectivity index (χ1n) is 9.75. The van der Waals surface area contributed by atoms with E-state index in [1.807, 2.05) is 30.3 Å². The van der Waals surface area contributed by atoms with E-state index in [9.17, 15) is 4.79 Å². The lowest BCUT2D eigenvalue weighted by Gasteiger charge is -2.17. The molecule has 0 spiro atoms. The molecule has 1 aliphatic heterocycles.